The zero-order chi connectivity index (χ0) is 21.9. The third kappa shape index (κ3) is 4.86. The molecule has 2 fully saturated rings. The average Bonchev–Trinajstić information content (AvgIpc) is 2.64. The van der Waals surface area contributed by atoms with Gasteiger partial charge < -0.3 is 5.32 Å². The van der Waals surface area contributed by atoms with Gasteiger partial charge in [-0.2, -0.15) is 4.31 Å². The minimum absolute atomic E-state index is 0.0528. The van der Waals surface area contributed by atoms with Crippen molar-refractivity contribution in [3.8, 4) is 0 Å². The van der Waals surface area contributed by atoms with E-state index in [-0.39, 0.29) is 25.0 Å². The van der Waals surface area contributed by atoms with E-state index in [1.165, 1.54) is 24.2 Å². The zero-order valence-corrected chi connectivity index (χ0v) is 19.0. The van der Waals surface area contributed by atoms with E-state index in [0.717, 1.165) is 41.8 Å². The maximum atomic E-state index is 13.6. The second-order valence-electron chi connectivity index (χ2n) is 8.84. The molecule has 30 heavy (non-hydrogen) atoms. The molecular formula is C22H33N3O4S. The van der Waals surface area contributed by atoms with Gasteiger partial charge in [0.1, 0.15) is 5.54 Å². The fourth-order valence-corrected chi connectivity index (χ4v) is 5.36. The third-order valence-electron chi connectivity index (χ3n) is 6.29. The van der Waals surface area contributed by atoms with Crippen LogP contribution >= 0.6 is 0 Å². The summed E-state index contributed by atoms with van der Waals surface area (Å²) in [5, 5.41) is 3.15. The lowest BCUT2D eigenvalue weighted by molar-refractivity contribution is -0.133. The number of hydrogen-bond acceptors (Lipinski definition) is 4. The second kappa shape index (κ2) is 9.06. The summed E-state index contributed by atoms with van der Waals surface area (Å²) >= 11 is 0. The number of piperazine rings is 1. The molecule has 1 aliphatic carbocycles. The molecule has 1 saturated carbocycles. The molecule has 7 nitrogen and oxygen atoms in total. The van der Waals surface area contributed by atoms with Crippen molar-refractivity contribution in [1.29, 1.82) is 0 Å². The zero-order valence-electron chi connectivity index (χ0n) is 18.2. The highest BCUT2D eigenvalue weighted by molar-refractivity contribution is 7.88. The SMILES string of the molecule is Cc1ccccc1N1C(=O)CN(S(C)(=O)=O)C[C@@]1(C)C(=O)NC1CCCCCCC1. The lowest BCUT2D eigenvalue weighted by atomic mass is 9.91. The Kier molecular flexibility index (Phi) is 6.87. The molecule has 166 valence electrons. The van der Waals surface area contributed by atoms with Gasteiger partial charge in [0.25, 0.3) is 0 Å². The number of carbonyl (C=O) groups excluding carboxylic acids is 2. The van der Waals surface area contributed by atoms with Crippen LogP contribution < -0.4 is 10.2 Å². The van der Waals surface area contributed by atoms with E-state index >= 15 is 0 Å². The number of anilines is 1. The molecule has 0 radical (unpaired) electrons. The van der Waals surface area contributed by atoms with Crippen molar-refractivity contribution >= 4 is 27.5 Å². The van der Waals surface area contributed by atoms with Gasteiger partial charge in [-0.1, -0.05) is 50.3 Å². The third-order valence-corrected chi connectivity index (χ3v) is 7.49. The summed E-state index contributed by atoms with van der Waals surface area (Å²) in [6.07, 6.45) is 8.60. The summed E-state index contributed by atoms with van der Waals surface area (Å²) in [5.41, 5.74) is 0.182. The molecule has 0 bridgehead atoms. The summed E-state index contributed by atoms with van der Waals surface area (Å²) < 4.78 is 25.6. The van der Waals surface area contributed by atoms with Crippen LogP contribution in [0.5, 0.6) is 0 Å². The van der Waals surface area contributed by atoms with Gasteiger partial charge in [-0.25, -0.2) is 8.42 Å². The van der Waals surface area contributed by atoms with Crippen molar-refractivity contribution in [3.63, 3.8) is 0 Å². The van der Waals surface area contributed by atoms with Crippen LogP contribution in [0.25, 0.3) is 0 Å². The minimum atomic E-state index is -3.62. The number of nitrogens with one attached hydrogen (secondary N) is 1. The molecule has 8 heteroatoms. The maximum Gasteiger partial charge on any atom is 0.247 e. The Morgan fingerprint density at radius 2 is 1.70 bits per heavy atom. The molecule has 0 unspecified atom stereocenters. The Hall–Kier alpha value is -1.93. The quantitative estimate of drug-likeness (QED) is 0.788. The van der Waals surface area contributed by atoms with E-state index < -0.39 is 21.5 Å². The molecule has 2 aliphatic rings. The van der Waals surface area contributed by atoms with Crippen molar-refractivity contribution in [2.45, 2.75) is 70.4 Å². The van der Waals surface area contributed by atoms with Gasteiger partial charge in [-0.3, -0.25) is 14.5 Å². The average molecular weight is 436 g/mol. The van der Waals surface area contributed by atoms with Gasteiger partial charge in [0.15, 0.2) is 0 Å². The minimum Gasteiger partial charge on any atom is -0.351 e. The fourth-order valence-electron chi connectivity index (χ4n) is 4.53. The number of para-hydroxylation sites is 1. The van der Waals surface area contributed by atoms with Crippen molar-refractivity contribution in [1.82, 2.24) is 9.62 Å². The highest BCUT2D eigenvalue weighted by Crippen LogP contribution is 2.33. The Morgan fingerprint density at radius 1 is 1.10 bits per heavy atom. The van der Waals surface area contributed by atoms with E-state index in [4.69, 9.17) is 0 Å². The molecule has 3 rings (SSSR count). The number of carbonyl (C=O) groups is 2. The largest absolute Gasteiger partial charge is 0.351 e. The first-order valence-corrected chi connectivity index (χ1v) is 12.6. The molecule has 1 atom stereocenters. The van der Waals surface area contributed by atoms with Gasteiger partial charge >= 0.3 is 0 Å². The van der Waals surface area contributed by atoms with Crippen LogP contribution in [0.1, 0.15) is 57.4 Å². The predicted molar refractivity (Wildman–Crippen MR) is 118 cm³/mol. The second-order valence-corrected chi connectivity index (χ2v) is 10.8. The summed E-state index contributed by atoms with van der Waals surface area (Å²) in [7, 11) is -3.62. The Labute approximate surface area is 179 Å². The van der Waals surface area contributed by atoms with Crippen LogP contribution in [0.3, 0.4) is 0 Å². The van der Waals surface area contributed by atoms with Crippen LogP contribution in [-0.4, -0.2) is 55.5 Å². The van der Waals surface area contributed by atoms with Gasteiger partial charge in [0.05, 0.1) is 12.8 Å². The predicted octanol–water partition coefficient (Wildman–Crippen LogP) is 2.59. The van der Waals surface area contributed by atoms with Gasteiger partial charge in [0.2, 0.25) is 21.8 Å². The summed E-state index contributed by atoms with van der Waals surface area (Å²) in [6, 6.07) is 7.45. The monoisotopic (exact) mass is 435 g/mol. The molecular weight excluding hydrogens is 402 g/mol. The smallest absolute Gasteiger partial charge is 0.247 e. The molecule has 1 aromatic rings. The number of nitrogens with zero attached hydrogens (tertiary/aromatic N) is 2. The molecule has 2 amide bonds. The van der Waals surface area contributed by atoms with E-state index in [2.05, 4.69) is 5.32 Å². The lowest BCUT2D eigenvalue weighted by Crippen LogP contribution is -2.70. The topological polar surface area (TPSA) is 86.8 Å². The number of rotatable bonds is 4. The van der Waals surface area contributed by atoms with E-state index in [1.807, 2.05) is 31.2 Å². The van der Waals surface area contributed by atoms with Crippen molar-refractivity contribution < 1.29 is 18.0 Å². The maximum absolute atomic E-state index is 13.6. The Balaban J connectivity index is 1.95. The lowest BCUT2D eigenvalue weighted by Gasteiger charge is -2.47. The van der Waals surface area contributed by atoms with E-state index in [0.29, 0.717) is 5.69 Å². The molecule has 1 aromatic carbocycles. The number of aryl methyl sites for hydroxylation is 1. The van der Waals surface area contributed by atoms with Gasteiger partial charge in [-0.15, -0.1) is 0 Å². The first-order chi connectivity index (χ1) is 14.1. The van der Waals surface area contributed by atoms with Crippen LogP contribution in [0.4, 0.5) is 5.69 Å². The number of sulfonamides is 1. The Morgan fingerprint density at radius 3 is 2.30 bits per heavy atom. The number of hydrogen-bond donors (Lipinski definition) is 1. The fraction of sp³-hybridized carbons (Fsp3) is 0.636. The molecule has 1 heterocycles. The normalized spacial score (nSPS) is 24.9. The molecule has 1 aliphatic heterocycles. The van der Waals surface area contributed by atoms with Gasteiger partial charge in [0, 0.05) is 18.3 Å². The molecule has 0 spiro atoms. The summed E-state index contributed by atoms with van der Waals surface area (Å²) in [5.74, 6) is -0.686. The number of amides is 2. The Bertz CT molecular complexity index is 893. The van der Waals surface area contributed by atoms with E-state index in [9.17, 15) is 18.0 Å². The standard InChI is InChI=1S/C22H33N3O4S/c1-17-11-9-10-14-19(17)25-20(26)15-24(30(3,28)29)16-22(25,2)21(27)23-18-12-7-5-4-6-8-13-18/h9-11,14,18H,4-8,12-13,15-16H2,1-3H3,(H,23,27)/t22-/m0/s1. The highest BCUT2D eigenvalue weighted by Gasteiger charge is 2.50. The summed E-state index contributed by atoms with van der Waals surface area (Å²) in [4.78, 5) is 28.2. The van der Waals surface area contributed by atoms with Crippen LogP contribution in [0, 0.1) is 6.92 Å². The van der Waals surface area contributed by atoms with Crippen molar-refractivity contribution in [2.75, 3.05) is 24.2 Å². The molecule has 1 saturated heterocycles. The first kappa shape index (κ1) is 22.7. The molecule has 1 N–H and O–H groups in total. The summed E-state index contributed by atoms with van der Waals surface area (Å²) in [6.45, 7) is 3.23. The van der Waals surface area contributed by atoms with Crippen molar-refractivity contribution in [3.05, 3.63) is 29.8 Å². The van der Waals surface area contributed by atoms with Gasteiger partial charge in [-0.05, 0) is 38.3 Å². The van der Waals surface area contributed by atoms with Crippen LogP contribution in [0.15, 0.2) is 24.3 Å². The van der Waals surface area contributed by atoms with Crippen LogP contribution in [0.2, 0.25) is 0 Å². The highest BCUT2D eigenvalue weighted by atomic mass is 32.2. The van der Waals surface area contributed by atoms with Crippen molar-refractivity contribution in [2.24, 2.45) is 0 Å². The number of benzene rings is 1. The molecule has 0 aromatic heterocycles. The first-order valence-electron chi connectivity index (χ1n) is 10.8. The van der Waals surface area contributed by atoms with E-state index in [1.54, 1.807) is 6.92 Å². The van der Waals surface area contributed by atoms with Crippen LogP contribution in [-0.2, 0) is 19.6 Å².